The van der Waals surface area contributed by atoms with Crippen LogP contribution in [0.4, 0.5) is 5.69 Å². The average Bonchev–Trinajstić information content (AvgIpc) is 3.17. The second kappa shape index (κ2) is 6.83. The van der Waals surface area contributed by atoms with Crippen molar-refractivity contribution in [1.29, 1.82) is 0 Å². The van der Waals surface area contributed by atoms with E-state index >= 15 is 0 Å². The molecule has 0 saturated heterocycles. The fourth-order valence-corrected chi connectivity index (χ4v) is 3.39. The lowest BCUT2D eigenvalue weighted by molar-refractivity contribution is -0.115. The molecule has 25 heavy (non-hydrogen) atoms. The minimum atomic E-state index is -0.0554. The minimum Gasteiger partial charge on any atom is -0.326 e. The third kappa shape index (κ3) is 3.41. The average molecular weight is 345 g/mol. The van der Waals surface area contributed by atoms with Crippen LogP contribution >= 0.6 is 11.3 Å². The van der Waals surface area contributed by atoms with E-state index in [2.05, 4.69) is 15.3 Å². The van der Waals surface area contributed by atoms with Crippen molar-refractivity contribution in [2.75, 3.05) is 5.32 Å². The summed E-state index contributed by atoms with van der Waals surface area (Å²) in [5.41, 5.74) is 3.62. The highest BCUT2D eigenvalue weighted by molar-refractivity contribution is 7.13. The van der Waals surface area contributed by atoms with Crippen LogP contribution < -0.4 is 5.32 Å². The number of para-hydroxylation sites is 1. The van der Waals surface area contributed by atoms with Gasteiger partial charge >= 0.3 is 0 Å². The van der Waals surface area contributed by atoms with Gasteiger partial charge in [-0.1, -0.05) is 24.3 Å². The molecule has 0 fully saturated rings. The van der Waals surface area contributed by atoms with Crippen molar-refractivity contribution < 1.29 is 4.79 Å². The number of aromatic nitrogens is 2. The number of benzene rings is 2. The zero-order valence-electron chi connectivity index (χ0n) is 13.3. The van der Waals surface area contributed by atoms with Crippen LogP contribution in [0.5, 0.6) is 0 Å². The van der Waals surface area contributed by atoms with Crippen LogP contribution in [0.25, 0.3) is 21.5 Å². The third-order valence-corrected chi connectivity index (χ3v) is 4.74. The summed E-state index contributed by atoms with van der Waals surface area (Å²) >= 11 is 1.59. The fraction of sp³-hybridized carbons (Fsp3) is 0.0500. The molecule has 0 saturated carbocycles. The SMILES string of the molecule is O=C(Cc1cccc2cccnc12)Nc1ccc(-c2nccs2)cc1. The first-order valence-corrected chi connectivity index (χ1v) is 8.80. The summed E-state index contributed by atoms with van der Waals surface area (Å²) in [5.74, 6) is -0.0554. The van der Waals surface area contributed by atoms with Gasteiger partial charge in [0.25, 0.3) is 0 Å². The Labute approximate surface area is 149 Å². The Hall–Kier alpha value is -3.05. The molecule has 0 aliphatic carbocycles. The first kappa shape index (κ1) is 15.5. The van der Waals surface area contributed by atoms with Gasteiger partial charge in [-0.25, -0.2) is 4.98 Å². The molecule has 0 aliphatic rings. The lowest BCUT2D eigenvalue weighted by atomic mass is 10.1. The van der Waals surface area contributed by atoms with E-state index in [9.17, 15) is 4.79 Å². The van der Waals surface area contributed by atoms with E-state index < -0.39 is 0 Å². The van der Waals surface area contributed by atoms with Gasteiger partial charge in [0.05, 0.1) is 11.9 Å². The van der Waals surface area contributed by atoms with E-state index in [-0.39, 0.29) is 5.91 Å². The number of carbonyl (C=O) groups is 1. The first-order chi connectivity index (χ1) is 12.3. The minimum absolute atomic E-state index is 0.0554. The lowest BCUT2D eigenvalue weighted by Gasteiger charge is -2.08. The topological polar surface area (TPSA) is 54.9 Å². The second-order valence-corrected chi connectivity index (χ2v) is 6.53. The summed E-state index contributed by atoms with van der Waals surface area (Å²) in [6.45, 7) is 0. The normalized spacial score (nSPS) is 10.7. The number of thiazole rings is 1. The first-order valence-electron chi connectivity index (χ1n) is 7.92. The molecule has 4 aromatic rings. The highest BCUT2D eigenvalue weighted by atomic mass is 32.1. The van der Waals surface area contributed by atoms with E-state index in [1.807, 2.05) is 60.0 Å². The molecule has 0 radical (unpaired) electrons. The number of nitrogens with one attached hydrogen (secondary N) is 1. The molecule has 5 heteroatoms. The highest BCUT2D eigenvalue weighted by Gasteiger charge is 2.08. The molecule has 1 amide bonds. The van der Waals surface area contributed by atoms with Crippen LogP contribution in [-0.2, 0) is 11.2 Å². The van der Waals surface area contributed by atoms with Gasteiger partial charge in [-0.3, -0.25) is 9.78 Å². The number of hydrogen-bond acceptors (Lipinski definition) is 4. The van der Waals surface area contributed by atoms with Crippen molar-refractivity contribution in [3.05, 3.63) is 77.9 Å². The van der Waals surface area contributed by atoms with Crippen molar-refractivity contribution >= 4 is 33.8 Å². The molecule has 0 atom stereocenters. The molecule has 1 N–H and O–H groups in total. The maximum atomic E-state index is 12.4. The zero-order chi connectivity index (χ0) is 17.1. The zero-order valence-corrected chi connectivity index (χ0v) is 14.2. The summed E-state index contributed by atoms with van der Waals surface area (Å²) in [5, 5.41) is 6.91. The van der Waals surface area contributed by atoms with Crippen LogP contribution in [0.2, 0.25) is 0 Å². The van der Waals surface area contributed by atoms with Crippen molar-refractivity contribution in [2.45, 2.75) is 6.42 Å². The third-order valence-electron chi connectivity index (χ3n) is 3.92. The predicted octanol–water partition coefficient (Wildman–Crippen LogP) is 4.54. The van der Waals surface area contributed by atoms with Crippen molar-refractivity contribution in [3.8, 4) is 10.6 Å². The summed E-state index contributed by atoms with van der Waals surface area (Å²) in [4.78, 5) is 21.1. The van der Waals surface area contributed by atoms with Gasteiger partial charge < -0.3 is 5.32 Å². The number of hydrogen-bond donors (Lipinski definition) is 1. The number of carbonyl (C=O) groups excluding carboxylic acids is 1. The van der Waals surface area contributed by atoms with E-state index in [0.717, 1.165) is 32.7 Å². The summed E-state index contributed by atoms with van der Waals surface area (Å²) in [7, 11) is 0. The molecule has 0 aliphatic heterocycles. The second-order valence-electron chi connectivity index (χ2n) is 5.63. The summed E-state index contributed by atoms with van der Waals surface area (Å²) in [6, 6.07) is 17.5. The van der Waals surface area contributed by atoms with Crippen LogP contribution in [0, 0.1) is 0 Å². The quantitative estimate of drug-likeness (QED) is 0.591. The van der Waals surface area contributed by atoms with Gasteiger partial charge in [0.2, 0.25) is 5.91 Å². The van der Waals surface area contributed by atoms with E-state index in [1.165, 1.54) is 0 Å². The lowest BCUT2D eigenvalue weighted by Crippen LogP contribution is -2.14. The molecule has 2 aromatic carbocycles. The largest absolute Gasteiger partial charge is 0.326 e. The Balaban J connectivity index is 1.48. The molecule has 4 rings (SSSR count). The maximum absolute atomic E-state index is 12.4. The van der Waals surface area contributed by atoms with Gasteiger partial charge in [-0.05, 0) is 35.9 Å². The van der Waals surface area contributed by atoms with Crippen LogP contribution in [-0.4, -0.2) is 15.9 Å². The molecule has 0 bridgehead atoms. The molecule has 4 nitrogen and oxygen atoms in total. The Morgan fingerprint density at radius 1 is 0.960 bits per heavy atom. The number of nitrogens with zero attached hydrogens (tertiary/aromatic N) is 2. The Morgan fingerprint density at radius 3 is 2.60 bits per heavy atom. The van der Waals surface area contributed by atoms with Gasteiger partial charge in [0, 0.05) is 34.4 Å². The van der Waals surface area contributed by atoms with E-state index in [0.29, 0.717) is 6.42 Å². The molecular formula is C20H15N3OS. The van der Waals surface area contributed by atoms with Crippen molar-refractivity contribution in [3.63, 3.8) is 0 Å². The van der Waals surface area contributed by atoms with Crippen LogP contribution in [0.3, 0.4) is 0 Å². The monoisotopic (exact) mass is 345 g/mol. The van der Waals surface area contributed by atoms with E-state index in [1.54, 1.807) is 23.7 Å². The number of amides is 1. The maximum Gasteiger partial charge on any atom is 0.228 e. The van der Waals surface area contributed by atoms with Gasteiger partial charge in [-0.2, -0.15) is 0 Å². The summed E-state index contributed by atoms with van der Waals surface area (Å²) < 4.78 is 0. The van der Waals surface area contributed by atoms with Crippen molar-refractivity contribution in [2.24, 2.45) is 0 Å². The number of fused-ring (bicyclic) bond motifs is 1. The van der Waals surface area contributed by atoms with Crippen LogP contribution in [0.15, 0.2) is 72.4 Å². The van der Waals surface area contributed by atoms with Gasteiger partial charge in [0.1, 0.15) is 5.01 Å². The molecular weight excluding hydrogens is 330 g/mol. The molecule has 122 valence electrons. The van der Waals surface area contributed by atoms with Crippen LogP contribution in [0.1, 0.15) is 5.56 Å². The predicted molar refractivity (Wildman–Crippen MR) is 102 cm³/mol. The Bertz CT molecular complexity index is 1010. The molecule has 0 unspecified atom stereocenters. The van der Waals surface area contributed by atoms with Crippen molar-refractivity contribution in [1.82, 2.24) is 9.97 Å². The Morgan fingerprint density at radius 2 is 1.80 bits per heavy atom. The van der Waals surface area contributed by atoms with Gasteiger partial charge in [0.15, 0.2) is 0 Å². The number of rotatable bonds is 4. The summed E-state index contributed by atoms with van der Waals surface area (Å²) in [6.07, 6.45) is 3.83. The molecule has 2 aromatic heterocycles. The number of anilines is 1. The van der Waals surface area contributed by atoms with Gasteiger partial charge in [-0.15, -0.1) is 11.3 Å². The van der Waals surface area contributed by atoms with E-state index in [4.69, 9.17) is 0 Å². The molecule has 0 spiro atoms. The Kier molecular flexibility index (Phi) is 4.23. The molecule has 2 heterocycles. The number of pyridine rings is 1. The smallest absolute Gasteiger partial charge is 0.228 e. The highest BCUT2D eigenvalue weighted by Crippen LogP contribution is 2.23. The standard InChI is InChI=1S/C20H15N3OS/c24-18(13-16-4-1-3-14-5-2-10-21-19(14)16)23-17-8-6-15(7-9-17)20-22-11-12-25-20/h1-12H,13H2,(H,23,24). The fourth-order valence-electron chi connectivity index (χ4n) is 2.75.